The van der Waals surface area contributed by atoms with Crippen LogP contribution in [-0.4, -0.2) is 21.8 Å². The summed E-state index contributed by atoms with van der Waals surface area (Å²) in [6, 6.07) is 11.4. The quantitative estimate of drug-likeness (QED) is 0.381. The minimum absolute atomic E-state index is 0.0149. The molecule has 0 saturated carbocycles. The Bertz CT molecular complexity index is 1080. The van der Waals surface area contributed by atoms with Gasteiger partial charge in [0.2, 0.25) is 0 Å². The molecule has 4 nitrogen and oxygen atoms in total. The molecule has 2 aromatic carbocycles. The molecule has 1 heterocycles. The van der Waals surface area contributed by atoms with E-state index >= 15 is 0 Å². The van der Waals surface area contributed by atoms with E-state index in [-0.39, 0.29) is 37.4 Å². The normalized spacial score (nSPS) is 12.7. The van der Waals surface area contributed by atoms with Gasteiger partial charge in [0.15, 0.2) is 0 Å². The molecule has 1 aromatic heterocycles. The second kappa shape index (κ2) is 10.9. The Morgan fingerprint density at radius 1 is 1.12 bits per heavy atom. The number of benzene rings is 2. The summed E-state index contributed by atoms with van der Waals surface area (Å²) in [5, 5.41) is 5.13. The average Bonchev–Trinajstić information content (AvgIpc) is 3.23. The van der Waals surface area contributed by atoms with Crippen LogP contribution in [0.4, 0.5) is 17.6 Å². The number of aromatic nitrogens is 1. The van der Waals surface area contributed by atoms with Crippen molar-refractivity contribution >= 4 is 17.2 Å². The van der Waals surface area contributed by atoms with Crippen molar-refractivity contribution in [3.05, 3.63) is 87.1 Å². The third-order valence-electron chi connectivity index (χ3n) is 5.15. The van der Waals surface area contributed by atoms with Gasteiger partial charge in [0, 0.05) is 30.1 Å². The predicted octanol–water partition coefficient (Wildman–Crippen LogP) is 6.03. The molecule has 1 atom stereocenters. The number of nitrogens with zero attached hydrogens (tertiary/aromatic N) is 2. The van der Waals surface area contributed by atoms with Gasteiger partial charge in [-0.05, 0) is 31.0 Å². The summed E-state index contributed by atoms with van der Waals surface area (Å²) in [5.74, 6) is -0.662. The van der Waals surface area contributed by atoms with E-state index < -0.39 is 11.7 Å². The highest BCUT2D eigenvalue weighted by Crippen LogP contribution is 2.30. The molecule has 0 bridgehead atoms. The molecule has 0 spiro atoms. The van der Waals surface area contributed by atoms with Crippen LogP contribution < -0.4 is 5.32 Å². The molecule has 0 aliphatic rings. The number of rotatable bonds is 9. The average molecular weight is 480 g/mol. The molecule has 1 unspecified atom stereocenters. The van der Waals surface area contributed by atoms with Gasteiger partial charge in [-0.25, -0.2) is 9.37 Å². The van der Waals surface area contributed by atoms with Crippen molar-refractivity contribution in [2.45, 2.75) is 52.1 Å². The van der Waals surface area contributed by atoms with Gasteiger partial charge in [-0.1, -0.05) is 43.3 Å². The van der Waals surface area contributed by atoms with Crippen molar-refractivity contribution in [1.82, 2.24) is 15.2 Å². The molecule has 0 radical (unpaired) electrons. The minimum Gasteiger partial charge on any atom is -0.348 e. The van der Waals surface area contributed by atoms with Gasteiger partial charge in [-0.15, -0.1) is 11.3 Å². The van der Waals surface area contributed by atoms with Crippen molar-refractivity contribution in [2.24, 2.45) is 0 Å². The molecule has 9 heteroatoms. The van der Waals surface area contributed by atoms with E-state index in [0.29, 0.717) is 21.8 Å². The summed E-state index contributed by atoms with van der Waals surface area (Å²) in [6.07, 6.45) is -3.66. The second-order valence-electron chi connectivity index (χ2n) is 7.84. The number of halogens is 4. The maximum absolute atomic E-state index is 14.3. The number of carbonyl (C=O) groups is 1. The molecular formula is C24H25F4N3OS. The van der Waals surface area contributed by atoms with Gasteiger partial charge in [0.05, 0.1) is 12.1 Å². The Balaban J connectivity index is 1.81. The zero-order valence-corrected chi connectivity index (χ0v) is 19.1. The Morgan fingerprint density at radius 2 is 1.88 bits per heavy atom. The van der Waals surface area contributed by atoms with Gasteiger partial charge >= 0.3 is 6.18 Å². The molecule has 3 rings (SSSR count). The lowest BCUT2D eigenvalue weighted by Crippen LogP contribution is -2.32. The number of alkyl halides is 3. The Morgan fingerprint density at radius 3 is 2.58 bits per heavy atom. The Labute approximate surface area is 194 Å². The van der Waals surface area contributed by atoms with Crippen LogP contribution in [0.1, 0.15) is 52.5 Å². The van der Waals surface area contributed by atoms with E-state index in [1.807, 2.05) is 18.7 Å². The van der Waals surface area contributed by atoms with Crippen molar-refractivity contribution in [3.8, 4) is 0 Å². The fraction of sp³-hybridized carbons (Fsp3) is 0.333. The number of hydrogen-bond acceptors (Lipinski definition) is 4. The van der Waals surface area contributed by atoms with Crippen LogP contribution >= 0.6 is 11.3 Å². The smallest absolute Gasteiger partial charge is 0.348 e. The maximum Gasteiger partial charge on any atom is 0.416 e. The lowest BCUT2D eigenvalue weighted by atomic mass is 10.1. The molecule has 0 aliphatic carbocycles. The van der Waals surface area contributed by atoms with Gasteiger partial charge in [-0.3, -0.25) is 9.69 Å². The predicted molar refractivity (Wildman–Crippen MR) is 120 cm³/mol. The zero-order chi connectivity index (χ0) is 24.0. The van der Waals surface area contributed by atoms with Crippen molar-refractivity contribution in [2.75, 3.05) is 0 Å². The van der Waals surface area contributed by atoms with Crippen LogP contribution in [0.25, 0.3) is 0 Å². The fourth-order valence-corrected chi connectivity index (χ4v) is 4.03. The van der Waals surface area contributed by atoms with E-state index in [2.05, 4.69) is 10.3 Å². The topological polar surface area (TPSA) is 45.2 Å². The lowest BCUT2D eigenvalue weighted by molar-refractivity contribution is -0.137. The largest absolute Gasteiger partial charge is 0.416 e. The fourth-order valence-electron chi connectivity index (χ4n) is 3.22. The first-order valence-electron chi connectivity index (χ1n) is 10.5. The molecule has 1 N–H and O–H groups in total. The van der Waals surface area contributed by atoms with Gasteiger partial charge in [-0.2, -0.15) is 13.2 Å². The summed E-state index contributed by atoms with van der Waals surface area (Å²) in [6.45, 7) is 4.46. The summed E-state index contributed by atoms with van der Waals surface area (Å²) >= 11 is 1.29. The van der Waals surface area contributed by atoms with E-state index in [0.717, 1.165) is 18.6 Å². The van der Waals surface area contributed by atoms with E-state index in [9.17, 15) is 22.4 Å². The number of nitrogens with one attached hydrogen (secondary N) is 1. The monoisotopic (exact) mass is 479 g/mol. The molecule has 0 saturated heterocycles. The number of hydrogen-bond donors (Lipinski definition) is 1. The van der Waals surface area contributed by atoms with E-state index in [1.54, 1.807) is 29.6 Å². The number of carbonyl (C=O) groups excluding carboxylic acids is 1. The highest BCUT2D eigenvalue weighted by atomic mass is 32.1. The molecule has 0 aliphatic heterocycles. The highest BCUT2D eigenvalue weighted by molar-refractivity contribution is 7.09. The SMILES string of the molecule is CCC(C)NC(=O)c1csc(CN(Cc2cccc(C(F)(F)F)c2)Cc2ccccc2F)n1. The third-order valence-corrected chi connectivity index (χ3v) is 5.98. The summed E-state index contributed by atoms with van der Waals surface area (Å²) < 4.78 is 53.7. The summed E-state index contributed by atoms with van der Waals surface area (Å²) in [7, 11) is 0. The lowest BCUT2D eigenvalue weighted by Gasteiger charge is -2.22. The van der Waals surface area contributed by atoms with Gasteiger partial charge < -0.3 is 5.32 Å². The van der Waals surface area contributed by atoms with Crippen molar-refractivity contribution < 1.29 is 22.4 Å². The highest BCUT2D eigenvalue weighted by Gasteiger charge is 2.30. The van der Waals surface area contributed by atoms with Crippen LogP contribution in [0.15, 0.2) is 53.9 Å². The van der Waals surface area contributed by atoms with E-state index in [4.69, 9.17) is 0 Å². The summed E-state index contributed by atoms with van der Waals surface area (Å²) in [4.78, 5) is 18.5. The van der Waals surface area contributed by atoms with Crippen molar-refractivity contribution in [1.29, 1.82) is 0 Å². The first kappa shape index (κ1) is 24.9. The zero-order valence-electron chi connectivity index (χ0n) is 18.3. The molecule has 176 valence electrons. The number of thiazole rings is 1. The van der Waals surface area contributed by atoms with E-state index in [1.165, 1.54) is 23.5 Å². The van der Waals surface area contributed by atoms with Gasteiger partial charge in [0.25, 0.3) is 5.91 Å². The van der Waals surface area contributed by atoms with Gasteiger partial charge in [0.1, 0.15) is 16.5 Å². The number of amides is 1. The Hall–Kier alpha value is -2.78. The maximum atomic E-state index is 14.3. The Kier molecular flexibility index (Phi) is 8.20. The molecule has 33 heavy (non-hydrogen) atoms. The minimum atomic E-state index is -4.44. The third kappa shape index (κ3) is 7.10. The van der Waals surface area contributed by atoms with Crippen LogP contribution in [0.5, 0.6) is 0 Å². The first-order chi connectivity index (χ1) is 15.7. The summed E-state index contributed by atoms with van der Waals surface area (Å²) in [5.41, 5.74) is 0.438. The van der Waals surface area contributed by atoms with Crippen LogP contribution in [0, 0.1) is 5.82 Å². The van der Waals surface area contributed by atoms with Crippen molar-refractivity contribution in [3.63, 3.8) is 0 Å². The molecule has 0 fully saturated rings. The molecule has 3 aromatic rings. The van der Waals surface area contributed by atoms with Crippen LogP contribution in [0.2, 0.25) is 0 Å². The second-order valence-corrected chi connectivity index (χ2v) is 8.79. The molecular weight excluding hydrogens is 454 g/mol. The first-order valence-corrected chi connectivity index (χ1v) is 11.4. The molecule has 1 amide bonds. The standard InChI is InChI=1S/C24H25F4N3OS/c1-3-16(2)29-23(32)21-15-33-22(30-21)14-31(13-18-8-4-5-10-20(18)25)12-17-7-6-9-19(11-17)24(26,27)28/h4-11,15-16H,3,12-14H2,1-2H3,(H,29,32). The van der Waals surface area contributed by atoms with Crippen LogP contribution in [-0.2, 0) is 25.8 Å². The van der Waals surface area contributed by atoms with Crippen LogP contribution in [0.3, 0.4) is 0 Å².